The first kappa shape index (κ1) is 20.5. The normalized spacial score (nSPS) is 13.8. The average Bonchev–Trinajstić information content (AvgIpc) is 3.27. The van der Waals surface area contributed by atoms with E-state index >= 15 is 0 Å². The molecule has 1 N–H and O–H groups in total. The average molecular weight is 400 g/mol. The molecule has 154 valence electrons. The molecule has 0 bridgehead atoms. The van der Waals surface area contributed by atoms with Crippen molar-refractivity contribution in [2.75, 3.05) is 33.4 Å². The molecular weight excluding hydrogens is 376 g/mol. The van der Waals surface area contributed by atoms with Crippen molar-refractivity contribution in [3.63, 3.8) is 0 Å². The van der Waals surface area contributed by atoms with Gasteiger partial charge in [-0.15, -0.1) is 0 Å². The molecule has 0 atom stereocenters. The Kier molecular flexibility index (Phi) is 6.61. The van der Waals surface area contributed by atoms with Gasteiger partial charge >= 0.3 is 0 Å². The molecule has 1 aliphatic rings. The maximum Gasteiger partial charge on any atom is 0.269 e. The fourth-order valence-electron chi connectivity index (χ4n) is 3.06. The predicted molar refractivity (Wildman–Crippen MR) is 104 cm³/mol. The zero-order valence-corrected chi connectivity index (χ0v) is 16.5. The molecule has 1 aliphatic heterocycles. The van der Waals surface area contributed by atoms with E-state index in [2.05, 4.69) is 10.4 Å². The number of rotatable bonds is 9. The first-order valence-electron chi connectivity index (χ1n) is 9.37. The number of amides is 3. The summed E-state index contributed by atoms with van der Waals surface area (Å²) < 4.78 is 12.2. The zero-order valence-electron chi connectivity index (χ0n) is 16.5. The summed E-state index contributed by atoms with van der Waals surface area (Å²) >= 11 is 0. The number of carbonyl (C=O) groups is 3. The van der Waals surface area contributed by atoms with Crippen LogP contribution in [0, 0.1) is 0 Å². The minimum absolute atomic E-state index is 0.157. The van der Waals surface area contributed by atoms with Crippen LogP contribution in [0.4, 0.5) is 0 Å². The highest BCUT2D eigenvalue weighted by Crippen LogP contribution is 2.23. The molecule has 3 amide bonds. The van der Waals surface area contributed by atoms with E-state index in [0.29, 0.717) is 23.7 Å². The molecular formula is C20H24N4O5. The van der Waals surface area contributed by atoms with Gasteiger partial charge in [-0.1, -0.05) is 12.1 Å². The maximum atomic E-state index is 12.4. The third-order valence-corrected chi connectivity index (χ3v) is 4.62. The second-order valence-corrected chi connectivity index (χ2v) is 6.58. The molecule has 0 spiro atoms. The number of methoxy groups -OCH3 is 1. The van der Waals surface area contributed by atoms with Gasteiger partial charge in [0, 0.05) is 32.0 Å². The van der Waals surface area contributed by atoms with Gasteiger partial charge in [0.2, 0.25) is 11.8 Å². The lowest BCUT2D eigenvalue weighted by atomic mass is 10.1. The summed E-state index contributed by atoms with van der Waals surface area (Å²) in [6.07, 6.45) is 0.550. The first-order valence-corrected chi connectivity index (χ1v) is 9.37. The third-order valence-electron chi connectivity index (χ3n) is 4.62. The quantitative estimate of drug-likeness (QED) is 0.497. The number of carbonyl (C=O) groups excluding carboxylic acids is 3. The zero-order chi connectivity index (χ0) is 20.8. The summed E-state index contributed by atoms with van der Waals surface area (Å²) in [5.41, 5.74) is 1.96. The number of hydrogen-bond acceptors (Lipinski definition) is 6. The molecule has 1 aromatic heterocycles. The second-order valence-electron chi connectivity index (χ2n) is 6.58. The largest absolute Gasteiger partial charge is 0.497 e. The molecule has 3 rings (SSSR count). The number of ether oxygens (including phenoxy) is 2. The SMILES string of the molecule is COc1cccc(-c2cc(C(=O)NCCOCCN3C(=O)CCC3=O)n(C)n2)c1. The molecule has 0 unspecified atom stereocenters. The lowest BCUT2D eigenvalue weighted by Crippen LogP contribution is -2.33. The molecule has 0 aliphatic carbocycles. The van der Waals surface area contributed by atoms with E-state index in [4.69, 9.17) is 9.47 Å². The number of aryl methyl sites for hydroxylation is 1. The molecule has 1 aromatic carbocycles. The van der Waals surface area contributed by atoms with E-state index in [0.717, 1.165) is 5.56 Å². The van der Waals surface area contributed by atoms with Gasteiger partial charge in [-0.2, -0.15) is 5.10 Å². The summed E-state index contributed by atoms with van der Waals surface area (Å²) in [6.45, 7) is 1.08. The van der Waals surface area contributed by atoms with E-state index < -0.39 is 0 Å². The van der Waals surface area contributed by atoms with Crippen molar-refractivity contribution in [2.24, 2.45) is 7.05 Å². The number of nitrogens with one attached hydrogen (secondary N) is 1. The number of likely N-dealkylation sites (tertiary alicyclic amines) is 1. The van der Waals surface area contributed by atoms with Gasteiger partial charge in [-0.05, 0) is 18.2 Å². The number of benzene rings is 1. The predicted octanol–water partition coefficient (Wildman–Crippen LogP) is 0.991. The molecule has 0 radical (unpaired) electrons. The second kappa shape index (κ2) is 9.33. The van der Waals surface area contributed by atoms with Crippen molar-refractivity contribution >= 4 is 17.7 Å². The highest BCUT2D eigenvalue weighted by Gasteiger charge is 2.28. The topological polar surface area (TPSA) is 103 Å². The summed E-state index contributed by atoms with van der Waals surface area (Å²) in [4.78, 5) is 36.6. The van der Waals surface area contributed by atoms with Crippen molar-refractivity contribution in [1.29, 1.82) is 0 Å². The monoisotopic (exact) mass is 400 g/mol. The Morgan fingerprint density at radius 2 is 1.93 bits per heavy atom. The minimum atomic E-state index is -0.261. The number of aromatic nitrogens is 2. The Balaban J connectivity index is 1.45. The lowest BCUT2D eigenvalue weighted by Gasteiger charge is -2.13. The minimum Gasteiger partial charge on any atom is -0.497 e. The molecule has 29 heavy (non-hydrogen) atoms. The van der Waals surface area contributed by atoms with Crippen LogP contribution in [0.15, 0.2) is 30.3 Å². The van der Waals surface area contributed by atoms with Gasteiger partial charge in [0.05, 0.1) is 32.6 Å². The highest BCUT2D eigenvalue weighted by atomic mass is 16.5. The third kappa shape index (κ3) is 5.00. The fraction of sp³-hybridized carbons (Fsp3) is 0.400. The van der Waals surface area contributed by atoms with Gasteiger partial charge in [0.1, 0.15) is 11.4 Å². The lowest BCUT2D eigenvalue weighted by molar-refractivity contribution is -0.139. The maximum absolute atomic E-state index is 12.4. The Hall–Kier alpha value is -3.20. The van der Waals surface area contributed by atoms with Crippen LogP contribution in [-0.2, 0) is 21.4 Å². The van der Waals surface area contributed by atoms with E-state index in [-0.39, 0.29) is 50.3 Å². The Morgan fingerprint density at radius 3 is 2.66 bits per heavy atom. The summed E-state index contributed by atoms with van der Waals surface area (Å²) in [5, 5.41) is 7.17. The van der Waals surface area contributed by atoms with Crippen molar-refractivity contribution in [3.05, 3.63) is 36.0 Å². The highest BCUT2D eigenvalue weighted by molar-refractivity contribution is 6.01. The molecule has 2 aromatic rings. The van der Waals surface area contributed by atoms with Crippen molar-refractivity contribution in [3.8, 4) is 17.0 Å². The van der Waals surface area contributed by atoms with Crippen molar-refractivity contribution in [2.45, 2.75) is 12.8 Å². The molecule has 2 heterocycles. The fourth-order valence-corrected chi connectivity index (χ4v) is 3.06. The summed E-state index contributed by atoms with van der Waals surface area (Å²) in [5.74, 6) is 0.140. The number of nitrogens with zero attached hydrogens (tertiary/aromatic N) is 3. The van der Waals surface area contributed by atoms with Crippen LogP contribution < -0.4 is 10.1 Å². The van der Waals surface area contributed by atoms with Crippen LogP contribution in [0.1, 0.15) is 23.3 Å². The van der Waals surface area contributed by atoms with Crippen LogP contribution in [0.5, 0.6) is 5.75 Å². The summed E-state index contributed by atoms with van der Waals surface area (Å²) in [7, 11) is 3.30. The van der Waals surface area contributed by atoms with Gasteiger partial charge in [-0.25, -0.2) is 0 Å². The number of hydrogen-bond donors (Lipinski definition) is 1. The molecule has 1 saturated heterocycles. The van der Waals surface area contributed by atoms with Crippen molar-refractivity contribution in [1.82, 2.24) is 20.0 Å². The van der Waals surface area contributed by atoms with Crippen LogP contribution in [-0.4, -0.2) is 65.8 Å². The Labute approximate surface area is 168 Å². The van der Waals surface area contributed by atoms with Gasteiger partial charge in [-0.3, -0.25) is 24.0 Å². The van der Waals surface area contributed by atoms with E-state index in [9.17, 15) is 14.4 Å². The Morgan fingerprint density at radius 1 is 1.17 bits per heavy atom. The summed E-state index contributed by atoms with van der Waals surface area (Å²) in [6, 6.07) is 9.18. The van der Waals surface area contributed by atoms with Crippen LogP contribution >= 0.6 is 0 Å². The standard InChI is InChI=1S/C20H24N4O5/c1-23-17(13-16(22-23)14-4-3-5-15(12-14)28-2)20(27)21-8-10-29-11-9-24-18(25)6-7-19(24)26/h3-5,12-13H,6-11H2,1-2H3,(H,21,27). The molecule has 0 saturated carbocycles. The molecule has 9 heteroatoms. The molecule has 1 fully saturated rings. The van der Waals surface area contributed by atoms with Gasteiger partial charge < -0.3 is 14.8 Å². The van der Waals surface area contributed by atoms with E-state index in [1.807, 2.05) is 24.3 Å². The van der Waals surface area contributed by atoms with Crippen LogP contribution in [0.25, 0.3) is 11.3 Å². The van der Waals surface area contributed by atoms with Crippen LogP contribution in [0.2, 0.25) is 0 Å². The van der Waals surface area contributed by atoms with Gasteiger partial charge in [0.25, 0.3) is 5.91 Å². The Bertz CT molecular complexity index is 892. The first-order chi connectivity index (χ1) is 14.0. The van der Waals surface area contributed by atoms with Crippen LogP contribution in [0.3, 0.4) is 0 Å². The smallest absolute Gasteiger partial charge is 0.269 e. The van der Waals surface area contributed by atoms with Gasteiger partial charge in [0.15, 0.2) is 0 Å². The van der Waals surface area contributed by atoms with Crippen molar-refractivity contribution < 1.29 is 23.9 Å². The van der Waals surface area contributed by atoms with E-state index in [1.54, 1.807) is 20.2 Å². The number of imide groups is 1. The molecule has 9 nitrogen and oxygen atoms in total. The van der Waals surface area contributed by atoms with E-state index in [1.165, 1.54) is 9.58 Å².